The number of nitrogens with two attached hydrogens (primary N) is 1. The van der Waals surface area contributed by atoms with Crippen molar-refractivity contribution in [1.29, 1.82) is 0 Å². The second-order valence-electron chi connectivity index (χ2n) is 3.31. The maximum Gasteiger partial charge on any atom is 0.203 e. The highest BCUT2D eigenvalue weighted by Gasteiger charge is 2.34. The van der Waals surface area contributed by atoms with Gasteiger partial charge in [0, 0.05) is 11.2 Å². The van der Waals surface area contributed by atoms with Crippen molar-refractivity contribution in [3.05, 3.63) is 5.01 Å². The predicted molar refractivity (Wildman–Crippen MR) is 53.6 cm³/mol. The fraction of sp³-hybridized carbons (Fsp3) is 0.714. The molecule has 2 heterocycles. The van der Waals surface area contributed by atoms with E-state index in [2.05, 4.69) is 17.1 Å². The molecular weight excluding hydrogens is 190 g/mol. The fourth-order valence-corrected chi connectivity index (χ4v) is 3.66. The summed E-state index contributed by atoms with van der Waals surface area (Å²) in [5.41, 5.74) is 5.78. The Morgan fingerprint density at radius 2 is 2.33 bits per heavy atom. The minimum atomic E-state index is 0.236. The van der Waals surface area contributed by atoms with E-state index in [0.29, 0.717) is 5.13 Å². The molecule has 2 rings (SSSR count). The van der Waals surface area contributed by atoms with E-state index in [1.165, 1.54) is 23.5 Å². The largest absolute Gasteiger partial charge is 0.374 e. The van der Waals surface area contributed by atoms with Gasteiger partial charge in [-0.2, -0.15) is 11.8 Å². The number of hydrogen-bond donors (Lipinski definition) is 1. The van der Waals surface area contributed by atoms with Gasteiger partial charge >= 0.3 is 0 Å². The molecule has 2 N–H and O–H groups in total. The normalized spacial score (nSPS) is 29.4. The fourth-order valence-electron chi connectivity index (χ4n) is 1.31. The van der Waals surface area contributed by atoms with E-state index >= 15 is 0 Å². The standard InChI is InChI=1S/C7H11N3S2/c1-7(2-3-11-4-7)5-9-10-6(8)12-5/h2-4H2,1H3,(H2,8,10). The second kappa shape index (κ2) is 2.88. The van der Waals surface area contributed by atoms with Crippen LogP contribution in [0.25, 0.3) is 0 Å². The summed E-state index contributed by atoms with van der Waals surface area (Å²) in [6.07, 6.45) is 1.20. The van der Waals surface area contributed by atoms with Crippen molar-refractivity contribution in [3.63, 3.8) is 0 Å². The van der Waals surface area contributed by atoms with Crippen molar-refractivity contribution in [1.82, 2.24) is 10.2 Å². The summed E-state index contributed by atoms with van der Waals surface area (Å²) in [6.45, 7) is 2.24. The summed E-state index contributed by atoms with van der Waals surface area (Å²) in [5.74, 6) is 2.39. The second-order valence-corrected chi connectivity index (χ2v) is 5.42. The van der Waals surface area contributed by atoms with Crippen LogP contribution in [-0.2, 0) is 5.41 Å². The van der Waals surface area contributed by atoms with Crippen LogP contribution >= 0.6 is 23.1 Å². The van der Waals surface area contributed by atoms with E-state index in [1.807, 2.05) is 11.8 Å². The first-order chi connectivity index (χ1) is 5.71. The zero-order valence-electron chi connectivity index (χ0n) is 6.91. The maximum absolute atomic E-state index is 5.54. The molecule has 1 unspecified atom stereocenters. The van der Waals surface area contributed by atoms with Crippen molar-refractivity contribution >= 4 is 28.2 Å². The molecular formula is C7H11N3S2. The lowest BCUT2D eigenvalue weighted by molar-refractivity contribution is 0.532. The van der Waals surface area contributed by atoms with Crippen LogP contribution in [0.3, 0.4) is 0 Å². The molecule has 0 saturated carbocycles. The summed E-state index contributed by atoms with van der Waals surface area (Å²) >= 11 is 3.51. The number of nitrogen functional groups attached to an aromatic ring is 1. The first-order valence-corrected chi connectivity index (χ1v) is 5.85. The quantitative estimate of drug-likeness (QED) is 0.748. The van der Waals surface area contributed by atoms with E-state index in [-0.39, 0.29) is 5.41 Å². The zero-order chi connectivity index (χ0) is 8.60. The number of aromatic nitrogens is 2. The number of anilines is 1. The van der Waals surface area contributed by atoms with Gasteiger partial charge in [-0.25, -0.2) is 0 Å². The van der Waals surface area contributed by atoms with Crippen LogP contribution in [0.2, 0.25) is 0 Å². The van der Waals surface area contributed by atoms with Crippen LogP contribution < -0.4 is 5.73 Å². The number of nitrogens with zero attached hydrogens (tertiary/aromatic N) is 2. The van der Waals surface area contributed by atoms with E-state index in [4.69, 9.17) is 5.73 Å². The summed E-state index contributed by atoms with van der Waals surface area (Å²) in [6, 6.07) is 0. The average molecular weight is 201 g/mol. The number of rotatable bonds is 1. The van der Waals surface area contributed by atoms with Gasteiger partial charge in [0.2, 0.25) is 5.13 Å². The van der Waals surface area contributed by atoms with Crippen LogP contribution in [0, 0.1) is 0 Å². The molecule has 1 aliphatic heterocycles. The van der Waals surface area contributed by atoms with Gasteiger partial charge in [-0.3, -0.25) is 0 Å². The minimum Gasteiger partial charge on any atom is -0.374 e. The van der Waals surface area contributed by atoms with E-state index in [9.17, 15) is 0 Å². The van der Waals surface area contributed by atoms with Crippen LogP contribution in [0.1, 0.15) is 18.4 Å². The monoisotopic (exact) mass is 201 g/mol. The van der Waals surface area contributed by atoms with Gasteiger partial charge in [0.25, 0.3) is 0 Å². The third-order valence-corrected chi connectivity index (χ3v) is 4.57. The number of hydrogen-bond acceptors (Lipinski definition) is 5. The lowest BCUT2D eigenvalue weighted by atomic mass is 9.91. The van der Waals surface area contributed by atoms with Crippen LogP contribution in [0.4, 0.5) is 5.13 Å². The summed E-state index contributed by atoms with van der Waals surface area (Å²) in [4.78, 5) is 0. The smallest absolute Gasteiger partial charge is 0.203 e. The van der Waals surface area contributed by atoms with Gasteiger partial charge in [0.1, 0.15) is 5.01 Å². The third-order valence-electron chi connectivity index (χ3n) is 2.18. The van der Waals surface area contributed by atoms with Crippen molar-refractivity contribution in [2.45, 2.75) is 18.8 Å². The van der Waals surface area contributed by atoms with Crippen molar-refractivity contribution in [2.75, 3.05) is 17.2 Å². The first-order valence-electron chi connectivity index (χ1n) is 3.88. The topological polar surface area (TPSA) is 51.8 Å². The third kappa shape index (κ3) is 1.31. The molecule has 0 amide bonds. The van der Waals surface area contributed by atoms with E-state index in [1.54, 1.807) is 0 Å². The van der Waals surface area contributed by atoms with Gasteiger partial charge in [0.05, 0.1) is 0 Å². The highest BCUT2D eigenvalue weighted by atomic mass is 32.2. The number of thioether (sulfide) groups is 1. The molecule has 0 aliphatic carbocycles. The Balaban J connectivity index is 2.28. The van der Waals surface area contributed by atoms with Crippen molar-refractivity contribution in [2.24, 2.45) is 0 Å². The van der Waals surface area contributed by atoms with Crippen molar-refractivity contribution in [3.8, 4) is 0 Å². The molecule has 3 nitrogen and oxygen atoms in total. The molecule has 0 aromatic carbocycles. The van der Waals surface area contributed by atoms with Gasteiger partial charge in [0.15, 0.2) is 0 Å². The zero-order valence-corrected chi connectivity index (χ0v) is 8.54. The Bertz CT molecular complexity index is 278. The van der Waals surface area contributed by atoms with E-state index in [0.717, 1.165) is 10.8 Å². The molecule has 1 saturated heterocycles. The maximum atomic E-state index is 5.54. The van der Waals surface area contributed by atoms with Crippen LogP contribution in [0.5, 0.6) is 0 Å². The Hall–Kier alpha value is -0.290. The Morgan fingerprint density at radius 3 is 2.83 bits per heavy atom. The Labute approximate surface area is 79.8 Å². The molecule has 12 heavy (non-hydrogen) atoms. The van der Waals surface area contributed by atoms with Crippen LogP contribution in [-0.4, -0.2) is 21.7 Å². The van der Waals surface area contributed by atoms with Crippen molar-refractivity contribution < 1.29 is 0 Å². The predicted octanol–water partition coefficient (Wildman–Crippen LogP) is 1.51. The lowest BCUT2D eigenvalue weighted by Crippen LogP contribution is -2.20. The molecule has 0 spiro atoms. The van der Waals surface area contributed by atoms with Gasteiger partial charge < -0.3 is 5.73 Å². The van der Waals surface area contributed by atoms with E-state index < -0.39 is 0 Å². The minimum absolute atomic E-state index is 0.236. The molecule has 1 aliphatic rings. The molecule has 1 aromatic rings. The molecule has 5 heteroatoms. The molecule has 0 radical (unpaired) electrons. The molecule has 1 fully saturated rings. The Morgan fingerprint density at radius 1 is 1.50 bits per heavy atom. The lowest BCUT2D eigenvalue weighted by Gasteiger charge is -2.17. The summed E-state index contributed by atoms with van der Waals surface area (Å²) in [5, 5.41) is 9.63. The highest BCUT2D eigenvalue weighted by molar-refractivity contribution is 7.99. The summed E-state index contributed by atoms with van der Waals surface area (Å²) < 4.78 is 0. The molecule has 0 bridgehead atoms. The first kappa shape index (κ1) is 8.31. The molecule has 1 aromatic heterocycles. The van der Waals surface area contributed by atoms with Gasteiger partial charge in [-0.15, -0.1) is 10.2 Å². The van der Waals surface area contributed by atoms with Crippen LogP contribution in [0.15, 0.2) is 0 Å². The summed E-state index contributed by atoms with van der Waals surface area (Å²) in [7, 11) is 0. The molecule has 66 valence electrons. The highest BCUT2D eigenvalue weighted by Crippen LogP contribution is 2.39. The molecule has 1 atom stereocenters. The van der Waals surface area contributed by atoms with Gasteiger partial charge in [-0.1, -0.05) is 18.3 Å². The Kier molecular flexibility index (Phi) is 2.00. The van der Waals surface area contributed by atoms with Gasteiger partial charge in [-0.05, 0) is 12.2 Å². The SMILES string of the molecule is CC1(c2nnc(N)s2)CCSC1. The average Bonchev–Trinajstić information content (AvgIpc) is 2.59.